The first-order valence-electron chi connectivity index (χ1n) is 5.09. The molecule has 1 aromatic heterocycles. The van der Waals surface area contributed by atoms with Gasteiger partial charge in [0.2, 0.25) is 5.82 Å². The van der Waals surface area contributed by atoms with Crippen LogP contribution in [-0.2, 0) is 11.3 Å². The predicted octanol–water partition coefficient (Wildman–Crippen LogP) is 2.12. The molecule has 0 saturated heterocycles. The lowest BCUT2D eigenvalue weighted by Gasteiger charge is -2.11. The van der Waals surface area contributed by atoms with Gasteiger partial charge in [-0.05, 0) is 18.8 Å². The molecular formula is C12H16N2O. The fourth-order valence-corrected chi connectivity index (χ4v) is 1.31. The Balaban J connectivity index is 3.00. The van der Waals surface area contributed by atoms with Crippen molar-refractivity contribution in [2.45, 2.75) is 33.3 Å². The van der Waals surface area contributed by atoms with Gasteiger partial charge in [0.1, 0.15) is 0 Å². The SMILES string of the molecule is C#Cc1ncc(COCC)c(C(C)C)n1. The maximum Gasteiger partial charge on any atom is 0.204 e. The number of nitrogens with zero attached hydrogens (tertiary/aromatic N) is 2. The van der Waals surface area contributed by atoms with E-state index in [1.54, 1.807) is 6.20 Å². The van der Waals surface area contributed by atoms with Crippen LogP contribution in [0.5, 0.6) is 0 Å². The molecule has 0 aliphatic rings. The summed E-state index contributed by atoms with van der Waals surface area (Å²) in [4.78, 5) is 8.38. The molecule has 0 aliphatic heterocycles. The fourth-order valence-electron chi connectivity index (χ4n) is 1.31. The lowest BCUT2D eigenvalue weighted by molar-refractivity contribution is 0.132. The zero-order chi connectivity index (χ0) is 11.3. The van der Waals surface area contributed by atoms with Crippen LogP contribution in [0.25, 0.3) is 0 Å². The van der Waals surface area contributed by atoms with Gasteiger partial charge in [0.15, 0.2) is 0 Å². The topological polar surface area (TPSA) is 35.0 Å². The predicted molar refractivity (Wildman–Crippen MR) is 59.4 cm³/mol. The monoisotopic (exact) mass is 204 g/mol. The van der Waals surface area contributed by atoms with Gasteiger partial charge in [-0.2, -0.15) is 0 Å². The van der Waals surface area contributed by atoms with Crippen molar-refractivity contribution in [2.75, 3.05) is 6.61 Å². The molecule has 0 fully saturated rings. The average molecular weight is 204 g/mol. The van der Waals surface area contributed by atoms with Crippen LogP contribution in [0, 0.1) is 12.3 Å². The molecule has 0 spiro atoms. The molecule has 0 aliphatic carbocycles. The lowest BCUT2D eigenvalue weighted by Crippen LogP contribution is -2.05. The van der Waals surface area contributed by atoms with Gasteiger partial charge in [0.05, 0.1) is 12.3 Å². The van der Waals surface area contributed by atoms with E-state index in [1.807, 2.05) is 6.92 Å². The van der Waals surface area contributed by atoms with Gasteiger partial charge in [-0.25, -0.2) is 9.97 Å². The minimum absolute atomic E-state index is 0.329. The van der Waals surface area contributed by atoms with Gasteiger partial charge in [-0.15, -0.1) is 6.42 Å². The normalized spacial score (nSPS) is 10.3. The van der Waals surface area contributed by atoms with Crippen molar-refractivity contribution in [1.82, 2.24) is 9.97 Å². The van der Waals surface area contributed by atoms with E-state index >= 15 is 0 Å². The number of hydrogen-bond acceptors (Lipinski definition) is 3. The molecule has 0 N–H and O–H groups in total. The minimum Gasteiger partial charge on any atom is -0.377 e. The summed E-state index contributed by atoms with van der Waals surface area (Å²) in [5.74, 6) is 3.22. The molecule has 0 aromatic carbocycles. The number of hydrogen-bond donors (Lipinski definition) is 0. The first-order chi connectivity index (χ1) is 7.19. The highest BCUT2D eigenvalue weighted by molar-refractivity contribution is 5.25. The Morgan fingerprint density at radius 1 is 1.53 bits per heavy atom. The highest BCUT2D eigenvalue weighted by Crippen LogP contribution is 2.17. The third-order valence-corrected chi connectivity index (χ3v) is 2.04. The average Bonchev–Trinajstić information content (AvgIpc) is 2.26. The third kappa shape index (κ3) is 3.03. The van der Waals surface area contributed by atoms with Gasteiger partial charge >= 0.3 is 0 Å². The van der Waals surface area contributed by atoms with Crippen LogP contribution < -0.4 is 0 Å². The van der Waals surface area contributed by atoms with Gasteiger partial charge in [0, 0.05) is 18.4 Å². The van der Waals surface area contributed by atoms with Crippen molar-refractivity contribution in [2.24, 2.45) is 0 Å². The molecule has 1 heterocycles. The molecule has 0 bridgehead atoms. The zero-order valence-electron chi connectivity index (χ0n) is 9.45. The van der Waals surface area contributed by atoms with Crippen molar-refractivity contribution < 1.29 is 4.74 Å². The Kier molecular flexibility index (Phi) is 4.26. The molecule has 0 atom stereocenters. The van der Waals surface area contributed by atoms with E-state index in [0.29, 0.717) is 25.0 Å². The fraction of sp³-hybridized carbons (Fsp3) is 0.500. The van der Waals surface area contributed by atoms with Gasteiger partial charge in [0.25, 0.3) is 0 Å². The quantitative estimate of drug-likeness (QED) is 0.705. The first kappa shape index (κ1) is 11.7. The number of terminal acetylenes is 1. The molecule has 1 aromatic rings. The van der Waals surface area contributed by atoms with Crippen molar-refractivity contribution >= 4 is 0 Å². The highest BCUT2D eigenvalue weighted by atomic mass is 16.5. The van der Waals surface area contributed by atoms with E-state index < -0.39 is 0 Å². The second kappa shape index (κ2) is 5.47. The summed E-state index contributed by atoms with van der Waals surface area (Å²) < 4.78 is 5.35. The third-order valence-electron chi connectivity index (χ3n) is 2.04. The highest BCUT2D eigenvalue weighted by Gasteiger charge is 2.09. The lowest BCUT2D eigenvalue weighted by atomic mass is 10.1. The Labute approximate surface area is 90.9 Å². The van der Waals surface area contributed by atoms with E-state index in [-0.39, 0.29) is 0 Å². The Morgan fingerprint density at radius 2 is 2.27 bits per heavy atom. The summed E-state index contributed by atoms with van der Waals surface area (Å²) >= 11 is 0. The number of rotatable bonds is 4. The number of ether oxygens (including phenoxy) is 1. The van der Waals surface area contributed by atoms with E-state index in [0.717, 1.165) is 11.3 Å². The molecule has 0 unspecified atom stereocenters. The summed E-state index contributed by atoms with van der Waals surface area (Å²) in [6, 6.07) is 0. The van der Waals surface area contributed by atoms with Gasteiger partial charge in [-0.3, -0.25) is 0 Å². The summed E-state index contributed by atoms with van der Waals surface area (Å²) in [5, 5.41) is 0. The molecule has 3 heteroatoms. The van der Waals surface area contributed by atoms with E-state index in [2.05, 4.69) is 29.7 Å². The van der Waals surface area contributed by atoms with E-state index in [9.17, 15) is 0 Å². The number of aromatic nitrogens is 2. The molecule has 3 nitrogen and oxygen atoms in total. The summed E-state index contributed by atoms with van der Waals surface area (Å²) in [5.41, 5.74) is 2.00. The maximum absolute atomic E-state index is 5.35. The molecule has 15 heavy (non-hydrogen) atoms. The van der Waals surface area contributed by atoms with Crippen LogP contribution in [-0.4, -0.2) is 16.6 Å². The minimum atomic E-state index is 0.329. The maximum atomic E-state index is 5.35. The summed E-state index contributed by atoms with van der Waals surface area (Å²) in [6.45, 7) is 7.37. The second-order valence-electron chi connectivity index (χ2n) is 3.54. The Bertz CT molecular complexity index is 366. The van der Waals surface area contributed by atoms with Crippen LogP contribution in [0.4, 0.5) is 0 Å². The van der Waals surface area contributed by atoms with Gasteiger partial charge in [-0.1, -0.05) is 13.8 Å². The zero-order valence-corrected chi connectivity index (χ0v) is 9.45. The molecule has 1 rings (SSSR count). The Hall–Kier alpha value is -1.40. The van der Waals surface area contributed by atoms with Crippen molar-refractivity contribution in [1.29, 1.82) is 0 Å². The molecule has 0 saturated carbocycles. The Morgan fingerprint density at radius 3 is 2.80 bits per heavy atom. The van der Waals surface area contributed by atoms with Crippen LogP contribution in [0.1, 0.15) is 43.8 Å². The van der Waals surface area contributed by atoms with Crippen molar-refractivity contribution in [3.8, 4) is 12.3 Å². The van der Waals surface area contributed by atoms with Gasteiger partial charge < -0.3 is 4.74 Å². The first-order valence-corrected chi connectivity index (χ1v) is 5.09. The van der Waals surface area contributed by atoms with Crippen molar-refractivity contribution in [3.63, 3.8) is 0 Å². The smallest absolute Gasteiger partial charge is 0.204 e. The van der Waals surface area contributed by atoms with E-state index in [1.165, 1.54) is 0 Å². The summed E-state index contributed by atoms with van der Waals surface area (Å²) in [6.07, 6.45) is 7.02. The van der Waals surface area contributed by atoms with Crippen LogP contribution in [0.3, 0.4) is 0 Å². The van der Waals surface area contributed by atoms with Crippen LogP contribution in [0.15, 0.2) is 6.20 Å². The molecular weight excluding hydrogens is 188 g/mol. The van der Waals surface area contributed by atoms with Crippen LogP contribution >= 0.6 is 0 Å². The van der Waals surface area contributed by atoms with E-state index in [4.69, 9.17) is 11.2 Å². The molecule has 0 amide bonds. The summed E-state index contributed by atoms with van der Waals surface area (Å²) in [7, 11) is 0. The second-order valence-corrected chi connectivity index (χ2v) is 3.54. The molecule has 0 radical (unpaired) electrons. The van der Waals surface area contributed by atoms with Crippen LogP contribution in [0.2, 0.25) is 0 Å². The van der Waals surface area contributed by atoms with Crippen molar-refractivity contribution in [3.05, 3.63) is 23.3 Å². The standard InChI is InChI=1S/C12H16N2O/c1-5-11-13-7-10(8-15-6-2)12(14-11)9(3)4/h1,7,9H,6,8H2,2-4H3. The molecule has 80 valence electrons. The largest absolute Gasteiger partial charge is 0.377 e.